The Labute approximate surface area is 180 Å². The number of sulfonamides is 1. The van der Waals surface area contributed by atoms with Crippen LogP contribution in [0, 0.1) is 0 Å². The fourth-order valence-corrected chi connectivity index (χ4v) is 3.63. The Hall–Kier alpha value is -3.78. The molecule has 8 heteroatoms. The summed E-state index contributed by atoms with van der Waals surface area (Å²) < 4.78 is 31.7. The second-order valence-corrected chi connectivity index (χ2v) is 8.57. The van der Waals surface area contributed by atoms with Crippen LogP contribution in [0.1, 0.15) is 0 Å². The van der Waals surface area contributed by atoms with E-state index >= 15 is 0 Å². The molecule has 1 aromatic heterocycles. The standard InChI is InChI=1S/C23H20N4O3S/c1-30-18-13-14-19(20(15-18)27-31(2,28)29)23-25-21(16-9-5-3-6-10-16)24-22(26-23)17-11-7-4-8-12-17/h3-15,27H,1-2H3. The van der Waals surface area contributed by atoms with Gasteiger partial charge >= 0.3 is 0 Å². The Morgan fingerprint density at radius 2 is 1.26 bits per heavy atom. The van der Waals surface area contributed by atoms with Crippen LogP contribution < -0.4 is 9.46 Å². The summed E-state index contributed by atoms with van der Waals surface area (Å²) in [5, 5.41) is 0. The third-order valence-electron chi connectivity index (χ3n) is 4.46. The molecule has 0 fully saturated rings. The van der Waals surface area contributed by atoms with Gasteiger partial charge in [0.05, 0.1) is 19.1 Å². The van der Waals surface area contributed by atoms with Gasteiger partial charge in [-0.2, -0.15) is 0 Å². The Balaban J connectivity index is 1.94. The van der Waals surface area contributed by atoms with Crippen molar-refractivity contribution >= 4 is 15.7 Å². The second-order valence-electron chi connectivity index (χ2n) is 6.82. The van der Waals surface area contributed by atoms with E-state index in [1.165, 1.54) is 7.11 Å². The first kappa shape index (κ1) is 20.5. The Kier molecular flexibility index (Phi) is 5.64. The third kappa shape index (κ3) is 4.87. The average Bonchev–Trinajstić information content (AvgIpc) is 2.79. The number of benzene rings is 3. The molecule has 4 rings (SSSR count). The highest BCUT2D eigenvalue weighted by Crippen LogP contribution is 2.32. The molecule has 0 saturated heterocycles. The van der Waals surface area contributed by atoms with Gasteiger partial charge < -0.3 is 4.74 Å². The molecule has 31 heavy (non-hydrogen) atoms. The topological polar surface area (TPSA) is 94.1 Å². The van der Waals surface area contributed by atoms with Crippen LogP contribution in [0.25, 0.3) is 34.2 Å². The van der Waals surface area contributed by atoms with Crippen molar-refractivity contribution in [3.8, 4) is 39.9 Å². The summed E-state index contributed by atoms with van der Waals surface area (Å²) in [6.45, 7) is 0. The summed E-state index contributed by atoms with van der Waals surface area (Å²) in [7, 11) is -2.02. The molecule has 0 radical (unpaired) electrons. The van der Waals surface area contributed by atoms with E-state index < -0.39 is 10.0 Å². The molecule has 0 bridgehead atoms. The molecule has 156 valence electrons. The smallest absolute Gasteiger partial charge is 0.229 e. The molecule has 0 amide bonds. The van der Waals surface area contributed by atoms with Gasteiger partial charge in [0.2, 0.25) is 10.0 Å². The maximum atomic E-state index is 12.0. The summed E-state index contributed by atoms with van der Waals surface area (Å²) in [6, 6.07) is 24.2. The van der Waals surface area contributed by atoms with Crippen molar-refractivity contribution in [1.82, 2.24) is 15.0 Å². The number of methoxy groups -OCH3 is 1. The Morgan fingerprint density at radius 1 is 0.742 bits per heavy atom. The summed E-state index contributed by atoms with van der Waals surface area (Å²) >= 11 is 0. The van der Waals surface area contributed by atoms with Crippen LogP contribution in [0.3, 0.4) is 0 Å². The van der Waals surface area contributed by atoms with Crippen molar-refractivity contribution in [3.63, 3.8) is 0 Å². The molecule has 3 aromatic carbocycles. The fourth-order valence-electron chi connectivity index (χ4n) is 3.06. The van der Waals surface area contributed by atoms with Gasteiger partial charge in [-0.25, -0.2) is 23.4 Å². The zero-order valence-electron chi connectivity index (χ0n) is 17.0. The van der Waals surface area contributed by atoms with Crippen LogP contribution in [-0.2, 0) is 10.0 Å². The van der Waals surface area contributed by atoms with Crippen LogP contribution in [0.2, 0.25) is 0 Å². The van der Waals surface area contributed by atoms with Gasteiger partial charge in [0.1, 0.15) is 5.75 Å². The lowest BCUT2D eigenvalue weighted by Gasteiger charge is -2.13. The van der Waals surface area contributed by atoms with Gasteiger partial charge in [0, 0.05) is 22.8 Å². The molecule has 0 spiro atoms. The summed E-state index contributed by atoms with van der Waals surface area (Å²) in [5.41, 5.74) is 2.50. The third-order valence-corrected chi connectivity index (χ3v) is 5.05. The predicted octanol–water partition coefficient (Wildman–Crippen LogP) is 4.25. The van der Waals surface area contributed by atoms with Gasteiger partial charge in [-0.1, -0.05) is 60.7 Å². The van der Waals surface area contributed by atoms with Crippen molar-refractivity contribution in [2.75, 3.05) is 18.1 Å². The molecule has 4 aromatic rings. The first-order valence-electron chi connectivity index (χ1n) is 9.46. The van der Waals surface area contributed by atoms with Gasteiger partial charge in [-0.05, 0) is 12.1 Å². The largest absolute Gasteiger partial charge is 0.497 e. The van der Waals surface area contributed by atoms with E-state index in [1.54, 1.807) is 18.2 Å². The SMILES string of the molecule is COc1ccc(-c2nc(-c3ccccc3)nc(-c3ccccc3)n2)c(NS(C)(=O)=O)c1. The van der Waals surface area contributed by atoms with E-state index in [0.717, 1.165) is 17.4 Å². The molecule has 0 aliphatic carbocycles. The zero-order valence-corrected chi connectivity index (χ0v) is 17.8. The normalized spacial score (nSPS) is 11.2. The number of rotatable bonds is 6. The van der Waals surface area contributed by atoms with Gasteiger partial charge in [0.25, 0.3) is 0 Å². The van der Waals surface area contributed by atoms with Crippen LogP contribution in [0.15, 0.2) is 78.9 Å². The molecule has 0 aliphatic rings. The number of aromatic nitrogens is 3. The highest BCUT2D eigenvalue weighted by Gasteiger charge is 2.17. The van der Waals surface area contributed by atoms with Gasteiger partial charge in [0.15, 0.2) is 17.5 Å². The van der Waals surface area contributed by atoms with Crippen molar-refractivity contribution < 1.29 is 13.2 Å². The van der Waals surface area contributed by atoms with Crippen LogP contribution in [-0.4, -0.2) is 36.7 Å². The number of anilines is 1. The van der Waals surface area contributed by atoms with Crippen molar-refractivity contribution in [2.24, 2.45) is 0 Å². The summed E-state index contributed by atoms with van der Waals surface area (Å²) in [6.07, 6.45) is 1.09. The number of hydrogen-bond acceptors (Lipinski definition) is 6. The van der Waals surface area contributed by atoms with Crippen molar-refractivity contribution in [3.05, 3.63) is 78.9 Å². The molecule has 0 aliphatic heterocycles. The molecule has 0 saturated carbocycles. The maximum Gasteiger partial charge on any atom is 0.229 e. The average molecular weight is 433 g/mol. The minimum Gasteiger partial charge on any atom is -0.497 e. The number of nitrogens with one attached hydrogen (secondary N) is 1. The Morgan fingerprint density at radius 3 is 1.74 bits per heavy atom. The lowest BCUT2D eigenvalue weighted by atomic mass is 10.1. The van der Waals surface area contributed by atoms with E-state index in [4.69, 9.17) is 4.74 Å². The molecule has 0 atom stereocenters. The lowest BCUT2D eigenvalue weighted by molar-refractivity contribution is 0.415. The van der Waals surface area contributed by atoms with Crippen molar-refractivity contribution in [2.45, 2.75) is 0 Å². The number of nitrogens with zero attached hydrogens (tertiary/aromatic N) is 3. The second kappa shape index (κ2) is 8.53. The van der Waals surface area contributed by atoms with Gasteiger partial charge in [-0.3, -0.25) is 4.72 Å². The van der Waals surface area contributed by atoms with E-state index in [-0.39, 0.29) is 0 Å². The van der Waals surface area contributed by atoms with Crippen LogP contribution >= 0.6 is 0 Å². The van der Waals surface area contributed by atoms with Crippen LogP contribution in [0.5, 0.6) is 5.75 Å². The summed E-state index contributed by atoms with van der Waals surface area (Å²) in [4.78, 5) is 13.9. The van der Waals surface area contributed by atoms with Crippen LogP contribution in [0.4, 0.5) is 5.69 Å². The molecule has 1 N–H and O–H groups in total. The van der Waals surface area contributed by atoms with E-state index in [2.05, 4.69) is 19.7 Å². The van der Waals surface area contributed by atoms with E-state index in [1.807, 2.05) is 60.7 Å². The predicted molar refractivity (Wildman–Crippen MR) is 121 cm³/mol. The molecular formula is C23H20N4O3S. The van der Waals surface area contributed by atoms with E-state index in [9.17, 15) is 8.42 Å². The highest BCUT2D eigenvalue weighted by atomic mass is 32.2. The first-order valence-corrected chi connectivity index (χ1v) is 11.4. The summed E-state index contributed by atoms with van der Waals surface area (Å²) in [5.74, 6) is 1.84. The maximum absolute atomic E-state index is 12.0. The lowest BCUT2D eigenvalue weighted by Crippen LogP contribution is -2.11. The molecular weight excluding hydrogens is 412 g/mol. The number of hydrogen-bond donors (Lipinski definition) is 1. The molecule has 7 nitrogen and oxygen atoms in total. The Bertz CT molecular complexity index is 1250. The minimum atomic E-state index is -3.53. The highest BCUT2D eigenvalue weighted by molar-refractivity contribution is 7.92. The van der Waals surface area contributed by atoms with E-state index in [0.29, 0.717) is 34.5 Å². The monoisotopic (exact) mass is 432 g/mol. The van der Waals surface area contributed by atoms with Gasteiger partial charge in [-0.15, -0.1) is 0 Å². The minimum absolute atomic E-state index is 0.325. The molecule has 1 heterocycles. The molecule has 0 unspecified atom stereocenters. The quantitative estimate of drug-likeness (QED) is 0.489. The van der Waals surface area contributed by atoms with Crippen molar-refractivity contribution in [1.29, 1.82) is 0 Å². The number of ether oxygens (including phenoxy) is 1. The zero-order chi connectivity index (χ0) is 21.8. The first-order chi connectivity index (χ1) is 14.9. The fraction of sp³-hybridized carbons (Fsp3) is 0.0870.